The Labute approximate surface area is 174 Å². The number of fused-ring (bicyclic) bond motifs is 3. The highest BCUT2D eigenvalue weighted by Gasteiger charge is 2.20. The number of carbonyl (C=O) groups excluding carboxylic acids is 1. The second-order valence-corrected chi connectivity index (χ2v) is 8.78. The topological polar surface area (TPSA) is 73.2 Å². The Morgan fingerprint density at radius 1 is 1.36 bits per heavy atom. The summed E-state index contributed by atoms with van der Waals surface area (Å²) < 4.78 is 7.66. The number of halogens is 1. The summed E-state index contributed by atoms with van der Waals surface area (Å²) in [5.41, 5.74) is 1.72. The Hall–Kier alpha value is -2.19. The average Bonchev–Trinajstić information content (AvgIpc) is 3.07. The number of nitrogens with one attached hydrogen (secondary N) is 1. The third-order valence-corrected chi connectivity index (χ3v) is 6.65. The first-order valence-corrected chi connectivity index (χ1v) is 10.8. The smallest absolute Gasteiger partial charge is 0.262 e. The number of aromatic nitrogens is 2. The van der Waals surface area contributed by atoms with E-state index in [1.54, 1.807) is 41.5 Å². The van der Waals surface area contributed by atoms with Crippen molar-refractivity contribution in [3.8, 4) is 5.75 Å². The maximum Gasteiger partial charge on any atom is 0.262 e. The molecule has 4 rings (SSSR count). The number of hydrogen-bond acceptors (Lipinski definition) is 5. The van der Waals surface area contributed by atoms with Gasteiger partial charge in [-0.05, 0) is 49.4 Å². The Bertz CT molecular complexity index is 1110. The highest BCUT2D eigenvalue weighted by atomic mass is 79.9. The number of thiophene rings is 1. The molecular weight excluding hydrogens is 442 g/mol. The summed E-state index contributed by atoms with van der Waals surface area (Å²) in [6.07, 6.45) is 6.00. The molecule has 0 unspecified atom stereocenters. The van der Waals surface area contributed by atoms with Gasteiger partial charge in [-0.2, -0.15) is 0 Å². The Kier molecular flexibility index (Phi) is 5.50. The quantitative estimate of drug-likeness (QED) is 0.619. The van der Waals surface area contributed by atoms with Gasteiger partial charge in [0.2, 0.25) is 5.91 Å². The van der Waals surface area contributed by atoms with Gasteiger partial charge in [-0.1, -0.05) is 15.9 Å². The standard InChI is InChI=1S/C20H20BrN3O3S/c1-27-15-7-6-12(21)10-14(15)23-17(25)8-9-24-11-22-19-18(20(24)26)13-4-2-3-5-16(13)28-19/h6-7,10-11H,2-5,8-9H2,1H3,(H,23,25). The van der Waals surface area contributed by atoms with Crippen LogP contribution in [0, 0.1) is 0 Å². The van der Waals surface area contributed by atoms with Gasteiger partial charge in [-0.25, -0.2) is 4.98 Å². The van der Waals surface area contributed by atoms with E-state index in [4.69, 9.17) is 4.74 Å². The minimum absolute atomic E-state index is 0.0442. The minimum atomic E-state index is -0.184. The summed E-state index contributed by atoms with van der Waals surface area (Å²) >= 11 is 5.02. The first-order valence-electron chi connectivity index (χ1n) is 9.20. The van der Waals surface area contributed by atoms with Gasteiger partial charge in [0.1, 0.15) is 10.6 Å². The van der Waals surface area contributed by atoms with E-state index in [2.05, 4.69) is 26.2 Å². The predicted octanol–water partition coefficient (Wildman–Crippen LogP) is 4.14. The molecule has 1 aliphatic carbocycles. The summed E-state index contributed by atoms with van der Waals surface area (Å²) in [5.74, 6) is 0.400. The Morgan fingerprint density at radius 2 is 2.18 bits per heavy atom. The van der Waals surface area contributed by atoms with Crippen molar-refractivity contribution in [1.82, 2.24) is 9.55 Å². The van der Waals surface area contributed by atoms with E-state index in [0.29, 0.717) is 11.4 Å². The second kappa shape index (κ2) is 8.05. The van der Waals surface area contributed by atoms with Crippen molar-refractivity contribution >= 4 is 49.1 Å². The zero-order valence-corrected chi connectivity index (χ0v) is 17.9. The molecule has 1 aromatic carbocycles. The Morgan fingerprint density at radius 3 is 3.00 bits per heavy atom. The summed E-state index contributed by atoms with van der Waals surface area (Å²) in [6, 6.07) is 5.41. The molecular formula is C20H20BrN3O3S. The molecule has 0 bridgehead atoms. The van der Waals surface area contributed by atoms with Crippen LogP contribution in [-0.4, -0.2) is 22.6 Å². The van der Waals surface area contributed by atoms with E-state index in [1.807, 2.05) is 6.07 Å². The molecule has 146 valence electrons. The molecule has 0 spiro atoms. The minimum Gasteiger partial charge on any atom is -0.495 e. The van der Waals surface area contributed by atoms with Crippen LogP contribution in [0.3, 0.4) is 0 Å². The number of nitrogens with zero attached hydrogens (tertiary/aromatic N) is 2. The van der Waals surface area contributed by atoms with Gasteiger partial charge < -0.3 is 10.1 Å². The van der Waals surface area contributed by atoms with Crippen LogP contribution in [0.5, 0.6) is 5.75 Å². The molecule has 1 amide bonds. The van der Waals surface area contributed by atoms with Gasteiger partial charge in [0.05, 0.1) is 24.5 Å². The fourth-order valence-electron chi connectivity index (χ4n) is 3.55. The van der Waals surface area contributed by atoms with Gasteiger partial charge in [0, 0.05) is 22.3 Å². The molecule has 2 aromatic heterocycles. The highest BCUT2D eigenvalue weighted by Crippen LogP contribution is 2.33. The second-order valence-electron chi connectivity index (χ2n) is 6.78. The van der Waals surface area contributed by atoms with E-state index in [-0.39, 0.29) is 24.4 Å². The van der Waals surface area contributed by atoms with Gasteiger partial charge in [-0.3, -0.25) is 14.2 Å². The third-order valence-electron chi connectivity index (χ3n) is 4.96. The van der Waals surface area contributed by atoms with Crippen LogP contribution in [-0.2, 0) is 24.2 Å². The van der Waals surface area contributed by atoms with E-state index < -0.39 is 0 Å². The zero-order chi connectivity index (χ0) is 19.7. The van der Waals surface area contributed by atoms with Gasteiger partial charge in [-0.15, -0.1) is 11.3 Å². The molecule has 0 aliphatic heterocycles. The van der Waals surface area contributed by atoms with Crippen molar-refractivity contribution < 1.29 is 9.53 Å². The number of hydrogen-bond donors (Lipinski definition) is 1. The SMILES string of the molecule is COc1ccc(Br)cc1NC(=O)CCn1cnc2sc3c(c2c1=O)CCCC3. The summed E-state index contributed by atoms with van der Waals surface area (Å²) in [5, 5.41) is 3.59. The fraction of sp³-hybridized carbons (Fsp3) is 0.350. The molecule has 0 saturated carbocycles. The number of benzene rings is 1. The van der Waals surface area contributed by atoms with Gasteiger partial charge >= 0.3 is 0 Å². The lowest BCUT2D eigenvalue weighted by Gasteiger charge is -2.12. The van der Waals surface area contributed by atoms with Crippen LogP contribution in [0.15, 0.2) is 33.8 Å². The number of rotatable bonds is 5. The maximum atomic E-state index is 12.9. The highest BCUT2D eigenvalue weighted by molar-refractivity contribution is 9.10. The lowest BCUT2D eigenvalue weighted by molar-refractivity contribution is -0.116. The van der Waals surface area contributed by atoms with E-state index >= 15 is 0 Å². The zero-order valence-electron chi connectivity index (χ0n) is 15.5. The van der Waals surface area contributed by atoms with Crippen molar-refractivity contribution in [3.05, 3.63) is 49.8 Å². The molecule has 1 aliphatic rings. The number of ether oxygens (including phenoxy) is 1. The molecule has 0 atom stereocenters. The van der Waals surface area contributed by atoms with Gasteiger partial charge in [0.15, 0.2) is 0 Å². The van der Waals surface area contributed by atoms with Crippen molar-refractivity contribution in [3.63, 3.8) is 0 Å². The van der Waals surface area contributed by atoms with Crippen molar-refractivity contribution in [1.29, 1.82) is 0 Å². The monoisotopic (exact) mass is 461 g/mol. The molecule has 28 heavy (non-hydrogen) atoms. The van der Waals surface area contributed by atoms with Crippen LogP contribution < -0.4 is 15.6 Å². The van der Waals surface area contributed by atoms with Crippen LogP contribution in [0.4, 0.5) is 5.69 Å². The molecule has 0 fully saturated rings. The third kappa shape index (κ3) is 3.71. The number of amides is 1. The number of methoxy groups -OCH3 is 1. The van der Waals surface area contributed by atoms with Crippen molar-refractivity contribution in [2.24, 2.45) is 0 Å². The predicted molar refractivity (Wildman–Crippen MR) is 114 cm³/mol. The molecule has 0 saturated heterocycles. The van der Waals surface area contributed by atoms with Crippen molar-refractivity contribution in [2.75, 3.05) is 12.4 Å². The van der Waals surface area contributed by atoms with Crippen LogP contribution >= 0.6 is 27.3 Å². The number of carbonyl (C=O) groups is 1. The molecule has 1 N–H and O–H groups in total. The average molecular weight is 462 g/mol. The van der Waals surface area contributed by atoms with Crippen molar-refractivity contribution in [2.45, 2.75) is 38.6 Å². The van der Waals surface area contributed by atoms with Gasteiger partial charge in [0.25, 0.3) is 5.56 Å². The lowest BCUT2D eigenvalue weighted by atomic mass is 9.97. The van der Waals surface area contributed by atoms with E-state index in [1.165, 1.54) is 16.9 Å². The number of anilines is 1. The largest absolute Gasteiger partial charge is 0.495 e. The Balaban J connectivity index is 1.51. The van der Waals surface area contributed by atoms with Crippen LogP contribution in [0.25, 0.3) is 10.2 Å². The first-order chi connectivity index (χ1) is 13.6. The molecule has 3 aromatic rings. The normalized spacial score (nSPS) is 13.4. The molecule has 2 heterocycles. The van der Waals surface area contributed by atoms with E-state index in [9.17, 15) is 9.59 Å². The fourth-order valence-corrected chi connectivity index (χ4v) is 5.13. The lowest BCUT2D eigenvalue weighted by Crippen LogP contribution is -2.24. The number of aryl methyl sites for hydroxylation is 3. The molecule has 6 nitrogen and oxygen atoms in total. The summed E-state index contributed by atoms with van der Waals surface area (Å²) in [6.45, 7) is 0.286. The first kappa shape index (κ1) is 19.1. The summed E-state index contributed by atoms with van der Waals surface area (Å²) in [4.78, 5) is 31.9. The van der Waals surface area contributed by atoms with E-state index in [0.717, 1.165) is 34.0 Å². The van der Waals surface area contributed by atoms with Crippen LogP contribution in [0.2, 0.25) is 0 Å². The maximum absolute atomic E-state index is 12.9. The molecule has 0 radical (unpaired) electrons. The van der Waals surface area contributed by atoms with Crippen LogP contribution in [0.1, 0.15) is 29.7 Å². The summed E-state index contributed by atoms with van der Waals surface area (Å²) in [7, 11) is 1.56. The molecule has 8 heteroatoms.